The normalized spacial score (nSPS) is 23.1. The highest BCUT2D eigenvalue weighted by Gasteiger charge is 2.53. The predicted molar refractivity (Wildman–Crippen MR) is 280 cm³/mol. The lowest BCUT2D eigenvalue weighted by Gasteiger charge is -2.54. The molecule has 2 aliphatic heterocycles. The van der Waals surface area contributed by atoms with Crippen molar-refractivity contribution in [1.29, 1.82) is 0 Å². The number of allylic oxidation sites excluding steroid dienone is 8. The van der Waals surface area contributed by atoms with E-state index in [0.29, 0.717) is 11.8 Å². The molecule has 1 atom stereocenters. The first-order valence-corrected chi connectivity index (χ1v) is 27.9. The Morgan fingerprint density at radius 1 is 0.762 bits per heavy atom. The van der Waals surface area contributed by atoms with Crippen LogP contribution >= 0.6 is 11.3 Å². The van der Waals surface area contributed by atoms with Crippen LogP contribution in [0.2, 0.25) is 13.1 Å². The van der Waals surface area contributed by atoms with Gasteiger partial charge in [0.2, 0.25) is 0 Å². The SMILES string of the molecule is Cc1cc2c3c(c1)N(c1ccc(C(C)(C)C)cc1[Si](C)C)c1c(sc4ccc(C(C)C)cc14)B3C1=C(C[C@@H]3C(=C1)C(C)(C)CCC3(C)C)N2C1=CC2=C(CC1)C(C)(C)CCC2(C)C. The van der Waals surface area contributed by atoms with Crippen LogP contribution in [0, 0.1) is 34.5 Å². The Bertz CT molecular complexity index is 2740. The van der Waals surface area contributed by atoms with Crippen molar-refractivity contribution >= 4 is 75.1 Å². The van der Waals surface area contributed by atoms with Crippen molar-refractivity contribution in [3.05, 3.63) is 111 Å². The van der Waals surface area contributed by atoms with Gasteiger partial charge in [0.15, 0.2) is 0 Å². The molecule has 329 valence electrons. The van der Waals surface area contributed by atoms with Gasteiger partial charge in [0.25, 0.3) is 6.71 Å². The largest absolute Gasteiger partial charge is 0.319 e. The smallest absolute Gasteiger partial charge is 0.264 e. The van der Waals surface area contributed by atoms with Gasteiger partial charge in [0.1, 0.15) is 0 Å². The fraction of sp³-hybridized carbons (Fsp3) is 0.517. The average Bonchev–Trinajstić information content (AvgIpc) is 3.58. The molecule has 3 aromatic carbocycles. The van der Waals surface area contributed by atoms with Crippen LogP contribution in [0.5, 0.6) is 0 Å². The third kappa shape index (κ3) is 6.65. The lowest BCUT2D eigenvalue weighted by Crippen LogP contribution is -2.57. The van der Waals surface area contributed by atoms with E-state index in [1.807, 2.05) is 0 Å². The topological polar surface area (TPSA) is 6.48 Å². The summed E-state index contributed by atoms with van der Waals surface area (Å²) in [6.45, 7) is 39.7. The van der Waals surface area contributed by atoms with Crippen molar-refractivity contribution in [2.45, 2.75) is 166 Å². The van der Waals surface area contributed by atoms with Crippen LogP contribution in [0.15, 0.2) is 94.3 Å². The maximum absolute atomic E-state index is 2.88. The van der Waals surface area contributed by atoms with Gasteiger partial charge >= 0.3 is 0 Å². The summed E-state index contributed by atoms with van der Waals surface area (Å²) in [6.07, 6.45) is 13.9. The van der Waals surface area contributed by atoms with Crippen molar-refractivity contribution in [2.24, 2.45) is 27.6 Å². The highest BCUT2D eigenvalue weighted by Crippen LogP contribution is 2.60. The molecule has 4 aliphatic carbocycles. The highest BCUT2D eigenvalue weighted by molar-refractivity contribution is 7.33. The van der Waals surface area contributed by atoms with Crippen LogP contribution in [0.25, 0.3) is 10.1 Å². The molecule has 1 saturated carbocycles. The maximum Gasteiger partial charge on any atom is 0.264 e. The number of rotatable bonds is 4. The molecular weight excluding hydrogens is 796 g/mol. The minimum atomic E-state index is -0.854. The monoisotopic (exact) mass is 870 g/mol. The number of thiophene rings is 1. The molecule has 6 aliphatic rings. The van der Waals surface area contributed by atoms with Gasteiger partial charge in [-0.05, 0) is 166 Å². The Kier molecular flexibility index (Phi) is 9.80. The minimum Gasteiger partial charge on any atom is -0.319 e. The zero-order valence-corrected chi connectivity index (χ0v) is 43.6. The zero-order chi connectivity index (χ0) is 45.1. The second-order valence-electron chi connectivity index (χ2n) is 25.0. The Morgan fingerprint density at radius 3 is 2.13 bits per heavy atom. The number of hydrogen-bond donors (Lipinski definition) is 0. The molecule has 0 unspecified atom stereocenters. The summed E-state index contributed by atoms with van der Waals surface area (Å²) in [5.41, 5.74) is 22.0. The zero-order valence-electron chi connectivity index (χ0n) is 41.8. The molecule has 0 N–H and O–H groups in total. The molecule has 63 heavy (non-hydrogen) atoms. The number of nitrogens with zero attached hydrogens (tertiary/aromatic N) is 2. The minimum absolute atomic E-state index is 0.0782. The van der Waals surface area contributed by atoms with Crippen molar-refractivity contribution in [1.82, 2.24) is 0 Å². The Hall–Kier alpha value is -3.54. The van der Waals surface area contributed by atoms with Gasteiger partial charge in [0, 0.05) is 43.3 Å². The van der Waals surface area contributed by atoms with Crippen LogP contribution in [-0.4, -0.2) is 15.5 Å². The third-order valence-corrected chi connectivity index (χ3v) is 19.9. The van der Waals surface area contributed by atoms with Crippen LogP contribution in [0.3, 0.4) is 0 Å². The maximum atomic E-state index is 2.88. The Labute approximate surface area is 387 Å². The number of aryl methyl sites for hydroxylation is 1. The number of hydrogen-bond acceptors (Lipinski definition) is 3. The number of benzene rings is 3. The summed E-state index contributed by atoms with van der Waals surface area (Å²) < 4.78 is 2.94. The molecule has 4 aromatic rings. The van der Waals surface area contributed by atoms with Crippen molar-refractivity contribution < 1.29 is 0 Å². The second-order valence-corrected chi connectivity index (χ2v) is 28.6. The predicted octanol–water partition coefficient (Wildman–Crippen LogP) is 15.2. The molecular formula is C58H74BN2SSi. The molecule has 1 fully saturated rings. The summed E-state index contributed by atoms with van der Waals surface area (Å²) in [4.78, 5) is 5.68. The van der Waals surface area contributed by atoms with Crippen LogP contribution in [0.4, 0.5) is 22.7 Å². The lowest BCUT2D eigenvalue weighted by atomic mass is 9.34. The molecule has 3 heterocycles. The van der Waals surface area contributed by atoms with Gasteiger partial charge in [-0.2, -0.15) is 0 Å². The highest BCUT2D eigenvalue weighted by atomic mass is 32.1. The van der Waals surface area contributed by atoms with E-state index in [0.717, 1.165) is 19.3 Å². The second kappa shape index (κ2) is 14.2. The van der Waals surface area contributed by atoms with E-state index < -0.39 is 8.80 Å². The first kappa shape index (κ1) is 43.4. The first-order valence-electron chi connectivity index (χ1n) is 24.6. The fourth-order valence-electron chi connectivity index (χ4n) is 12.9. The van der Waals surface area contributed by atoms with E-state index in [-0.39, 0.29) is 33.8 Å². The first-order chi connectivity index (χ1) is 29.4. The van der Waals surface area contributed by atoms with Gasteiger partial charge in [-0.3, -0.25) is 0 Å². The Morgan fingerprint density at radius 2 is 1.44 bits per heavy atom. The molecule has 0 spiro atoms. The lowest BCUT2D eigenvalue weighted by molar-refractivity contribution is 0.121. The molecule has 1 aromatic heterocycles. The van der Waals surface area contributed by atoms with Crippen LogP contribution in [-0.2, 0) is 5.41 Å². The molecule has 0 saturated heterocycles. The van der Waals surface area contributed by atoms with Crippen molar-refractivity contribution in [2.75, 3.05) is 9.80 Å². The molecule has 2 nitrogen and oxygen atoms in total. The summed E-state index contributed by atoms with van der Waals surface area (Å²) in [5, 5.41) is 2.95. The molecule has 5 heteroatoms. The van der Waals surface area contributed by atoms with E-state index >= 15 is 0 Å². The van der Waals surface area contributed by atoms with E-state index in [9.17, 15) is 0 Å². The van der Waals surface area contributed by atoms with Gasteiger partial charge in [-0.25, -0.2) is 0 Å². The standard InChI is InChI=1S/C58H74BN2SSi/c1-34(2)36-17-22-49-39(29-36)52-53(62-49)59-44-32-42-43(58(13,14)26-25-57(42,11)12)33-46(44)60(38-19-20-40-41(31-38)56(9,10)24-23-55(40,7)8)47-27-35(3)28-48(51(47)59)61(52)45-21-18-37(54(4,5)6)30-50(45)63(15)16/h17-18,21-22,27-32,34,43H,19-20,23-26,33H2,1-16H3/t43-/m1/s1. The Balaban J connectivity index is 1.32. The summed E-state index contributed by atoms with van der Waals surface area (Å²) in [5.74, 6) is 0.978. The molecule has 0 bridgehead atoms. The molecule has 10 rings (SSSR count). The van der Waals surface area contributed by atoms with Crippen molar-refractivity contribution in [3.8, 4) is 0 Å². The summed E-state index contributed by atoms with van der Waals surface area (Å²) in [7, 11) is -0.854. The van der Waals surface area contributed by atoms with Gasteiger partial charge in [-0.15, -0.1) is 11.3 Å². The van der Waals surface area contributed by atoms with Gasteiger partial charge < -0.3 is 9.80 Å². The van der Waals surface area contributed by atoms with E-state index in [4.69, 9.17) is 0 Å². The van der Waals surface area contributed by atoms with Gasteiger partial charge in [0.05, 0.1) is 14.5 Å². The van der Waals surface area contributed by atoms with E-state index in [1.165, 1.54) is 96.3 Å². The molecule has 0 amide bonds. The van der Waals surface area contributed by atoms with E-state index in [2.05, 4.69) is 192 Å². The summed E-state index contributed by atoms with van der Waals surface area (Å²) >= 11 is 2.08. The summed E-state index contributed by atoms with van der Waals surface area (Å²) in [6, 6.07) is 20.1. The van der Waals surface area contributed by atoms with Gasteiger partial charge in [-0.1, -0.05) is 139 Å². The average molecular weight is 870 g/mol. The van der Waals surface area contributed by atoms with Crippen LogP contribution in [0.1, 0.15) is 158 Å². The fourth-order valence-corrected chi connectivity index (χ4v) is 15.3. The van der Waals surface area contributed by atoms with E-state index in [1.54, 1.807) is 27.9 Å². The van der Waals surface area contributed by atoms with Crippen molar-refractivity contribution in [3.63, 3.8) is 0 Å². The molecule has 1 radical (unpaired) electrons. The quantitative estimate of drug-likeness (QED) is 0.189. The number of fused-ring (bicyclic) bond motifs is 6. The van der Waals surface area contributed by atoms with Crippen LogP contribution < -0.4 is 25.2 Å². The third-order valence-electron chi connectivity index (χ3n) is 17.2. The number of anilines is 4.